The van der Waals surface area contributed by atoms with Crippen molar-refractivity contribution < 1.29 is 0 Å². The van der Waals surface area contributed by atoms with E-state index in [0.717, 1.165) is 41.1 Å². The van der Waals surface area contributed by atoms with Crippen molar-refractivity contribution in [2.45, 2.75) is 0 Å². The molecule has 1 unspecified atom stereocenters. The molecule has 2 aromatic rings. The number of fused-ring (bicyclic) bond motifs is 2. The third-order valence-corrected chi connectivity index (χ3v) is 4.45. The van der Waals surface area contributed by atoms with E-state index in [9.17, 15) is 0 Å². The van der Waals surface area contributed by atoms with Crippen LogP contribution in [0, 0.1) is 17.8 Å². The van der Waals surface area contributed by atoms with Crippen LogP contribution in [0.3, 0.4) is 0 Å². The molecule has 1 aliphatic heterocycles. The minimum Gasteiger partial charge on any atom is -0.359 e. The van der Waals surface area contributed by atoms with Crippen molar-refractivity contribution in [3.8, 4) is 0 Å². The van der Waals surface area contributed by atoms with Gasteiger partial charge in [-0.2, -0.15) is 0 Å². The summed E-state index contributed by atoms with van der Waals surface area (Å²) in [6, 6.07) is 2.05. The van der Waals surface area contributed by atoms with Gasteiger partial charge in [0.2, 0.25) is 0 Å². The highest BCUT2D eigenvalue weighted by molar-refractivity contribution is 5.87. The van der Waals surface area contributed by atoms with Crippen molar-refractivity contribution in [3.05, 3.63) is 18.6 Å². The van der Waals surface area contributed by atoms with Gasteiger partial charge in [-0.15, -0.1) is 0 Å². The van der Waals surface area contributed by atoms with Gasteiger partial charge in [-0.25, -0.2) is 9.97 Å². The fraction of sp³-hybridized carbons (Fsp3) is 0.538. The van der Waals surface area contributed by atoms with Gasteiger partial charge in [0.1, 0.15) is 17.8 Å². The Labute approximate surface area is 106 Å². The Morgan fingerprint density at radius 2 is 2.17 bits per heavy atom. The molecule has 3 atom stereocenters. The number of hydrogen-bond donors (Lipinski definition) is 2. The molecule has 0 bridgehead atoms. The standard InChI is InChI=1S/C13H17N5/c1-18(6-11-9-4-14-5-10(9)11)13-8-2-3-15-12(8)16-7-17-13/h2-3,7,9-11,14H,4-6H2,1H3,(H,15,16,17)/t9-,10+,11?. The van der Waals surface area contributed by atoms with Crippen molar-refractivity contribution in [2.75, 3.05) is 31.6 Å². The number of hydrogen-bond acceptors (Lipinski definition) is 4. The van der Waals surface area contributed by atoms with E-state index in [2.05, 4.69) is 38.3 Å². The first-order chi connectivity index (χ1) is 8.84. The number of piperidine rings is 1. The monoisotopic (exact) mass is 243 g/mol. The van der Waals surface area contributed by atoms with Crippen LogP contribution >= 0.6 is 0 Å². The first kappa shape index (κ1) is 10.3. The lowest BCUT2D eigenvalue weighted by Gasteiger charge is -2.19. The first-order valence-corrected chi connectivity index (χ1v) is 6.54. The molecule has 0 spiro atoms. The Kier molecular flexibility index (Phi) is 2.11. The number of rotatable bonds is 3. The van der Waals surface area contributed by atoms with Gasteiger partial charge in [0.25, 0.3) is 0 Å². The van der Waals surface area contributed by atoms with Crippen molar-refractivity contribution >= 4 is 16.9 Å². The summed E-state index contributed by atoms with van der Waals surface area (Å²) in [6.45, 7) is 3.51. The highest BCUT2D eigenvalue weighted by Gasteiger charge is 2.52. The molecule has 1 aliphatic carbocycles. The lowest BCUT2D eigenvalue weighted by molar-refractivity contribution is 0.591. The number of anilines is 1. The largest absolute Gasteiger partial charge is 0.359 e. The molecule has 2 aliphatic rings. The lowest BCUT2D eigenvalue weighted by Crippen LogP contribution is -2.26. The first-order valence-electron chi connectivity index (χ1n) is 6.54. The number of aromatic nitrogens is 3. The Morgan fingerprint density at radius 3 is 3.00 bits per heavy atom. The molecule has 1 saturated heterocycles. The summed E-state index contributed by atoms with van der Waals surface area (Å²) < 4.78 is 0. The smallest absolute Gasteiger partial charge is 0.142 e. The average Bonchev–Trinajstić information content (AvgIpc) is 2.82. The summed E-state index contributed by atoms with van der Waals surface area (Å²) in [5.41, 5.74) is 0.921. The van der Waals surface area contributed by atoms with Gasteiger partial charge in [-0.05, 0) is 36.9 Å². The zero-order valence-electron chi connectivity index (χ0n) is 10.4. The molecule has 1 saturated carbocycles. The van der Waals surface area contributed by atoms with Gasteiger partial charge in [-0.1, -0.05) is 0 Å². The molecule has 18 heavy (non-hydrogen) atoms. The summed E-state index contributed by atoms with van der Waals surface area (Å²) in [6.07, 6.45) is 3.56. The van der Waals surface area contributed by atoms with Crippen LogP contribution in [0.25, 0.3) is 11.0 Å². The molecule has 0 radical (unpaired) electrons. The summed E-state index contributed by atoms with van der Waals surface area (Å²) >= 11 is 0. The van der Waals surface area contributed by atoms with Crippen LogP contribution in [0.1, 0.15) is 0 Å². The molecule has 2 N–H and O–H groups in total. The van der Waals surface area contributed by atoms with Crippen LogP contribution in [0.5, 0.6) is 0 Å². The van der Waals surface area contributed by atoms with Gasteiger partial charge < -0.3 is 15.2 Å². The van der Waals surface area contributed by atoms with Crippen LogP contribution < -0.4 is 10.2 Å². The number of nitrogens with one attached hydrogen (secondary N) is 2. The van der Waals surface area contributed by atoms with Crippen LogP contribution in [0.2, 0.25) is 0 Å². The van der Waals surface area contributed by atoms with E-state index in [1.54, 1.807) is 6.33 Å². The maximum atomic E-state index is 4.43. The van der Waals surface area contributed by atoms with Crippen molar-refractivity contribution in [1.82, 2.24) is 20.3 Å². The second-order valence-corrected chi connectivity index (χ2v) is 5.47. The summed E-state index contributed by atoms with van der Waals surface area (Å²) in [5, 5.41) is 4.56. The number of aromatic amines is 1. The van der Waals surface area contributed by atoms with Gasteiger partial charge in [-0.3, -0.25) is 0 Å². The average molecular weight is 243 g/mol. The molecule has 2 fully saturated rings. The van der Waals surface area contributed by atoms with Gasteiger partial charge in [0.15, 0.2) is 0 Å². The van der Waals surface area contributed by atoms with Crippen LogP contribution in [0.15, 0.2) is 18.6 Å². The fourth-order valence-electron chi connectivity index (χ4n) is 3.38. The van der Waals surface area contributed by atoms with E-state index in [0.29, 0.717) is 0 Å². The summed E-state index contributed by atoms with van der Waals surface area (Å²) in [4.78, 5) is 14.1. The predicted molar refractivity (Wildman–Crippen MR) is 70.5 cm³/mol. The van der Waals surface area contributed by atoms with Gasteiger partial charge >= 0.3 is 0 Å². The molecule has 94 valence electrons. The molecule has 4 rings (SSSR count). The van der Waals surface area contributed by atoms with E-state index in [1.165, 1.54) is 13.1 Å². The molecular weight excluding hydrogens is 226 g/mol. The topological polar surface area (TPSA) is 56.8 Å². The minimum atomic E-state index is 0.847. The highest BCUT2D eigenvalue weighted by Crippen LogP contribution is 2.49. The maximum absolute atomic E-state index is 4.43. The molecule has 0 amide bonds. The van der Waals surface area contributed by atoms with Crippen LogP contribution in [-0.2, 0) is 0 Å². The number of H-pyrrole nitrogens is 1. The fourth-order valence-corrected chi connectivity index (χ4v) is 3.38. The lowest BCUT2D eigenvalue weighted by atomic mass is 10.2. The van der Waals surface area contributed by atoms with Crippen LogP contribution in [-0.4, -0.2) is 41.6 Å². The van der Waals surface area contributed by atoms with E-state index >= 15 is 0 Å². The summed E-state index contributed by atoms with van der Waals surface area (Å²) in [7, 11) is 2.14. The zero-order chi connectivity index (χ0) is 12.1. The third kappa shape index (κ3) is 1.43. The van der Waals surface area contributed by atoms with Crippen molar-refractivity contribution in [2.24, 2.45) is 17.8 Å². The Hall–Kier alpha value is -1.62. The minimum absolute atomic E-state index is 0.847. The second-order valence-electron chi connectivity index (χ2n) is 5.47. The third-order valence-electron chi connectivity index (χ3n) is 4.45. The second kappa shape index (κ2) is 3.68. The van der Waals surface area contributed by atoms with E-state index < -0.39 is 0 Å². The maximum Gasteiger partial charge on any atom is 0.142 e. The Bertz CT molecular complexity index is 568. The molecule has 0 aromatic carbocycles. The number of nitrogens with zero attached hydrogens (tertiary/aromatic N) is 3. The molecule has 5 nitrogen and oxygen atoms in total. The molecular formula is C13H17N5. The van der Waals surface area contributed by atoms with Gasteiger partial charge in [0.05, 0.1) is 5.39 Å². The predicted octanol–water partition coefficient (Wildman–Crippen LogP) is 0.859. The van der Waals surface area contributed by atoms with E-state index in [1.807, 2.05) is 6.20 Å². The van der Waals surface area contributed by atoms with E-state index in [-0.39, 0.29) is 0 Å². The SMILES string of the molecule is CN(CC1[C@H]2CNC[C@@H]12)c1ncnc2[nH]ccc12. The normalized spacial score (nSPS) is 29.5. The molecule has 5 heteroatoms. The summed E-state index contributed by atoms with van der Waals surface area (Å²) in [5.74, 6) is 3.69. The Balaban J connectivity index is 1.57. The highest BCUT2D eigenvalue weighted by atomic mass is 15.2. The Morgan fingerprint density at radius 1 is 1.33 bits per heavy atom. The molecule has 2 aromatic heterocycles. The van der Waals surface area contributed by atoms with E-state index in [4.69, 9.17) is 0 Å². The van der Waals surface area contributed by atoms with Crippen molar-refractivity contribution in [1.29, 1.82) is 0 Å². The zero-order valence-corrected chi connectivity index (χ0v) is 10.4. The van der Waals surface area contributed by atoms with Crippen molar-refractivity contribution in [3.63, 3.8) is 0 Å². The van der Waals surface area contributed by atoms with Gasteiger partial charge in [0, 0.05) is 19.8 Å². The molecule has 3 heterocycles. The quantitative estimate of drug-likeness (QED) is 0.839. The van der Waals surface area contributed by atoms with Crippen LogP contribution in [0.4, 0.5) is 5.82 Å².